The Morgan fingerprint density at radius 3 is 2.83 bits per heavy atom. The van der Waals surface area contributed by atoms with Crippen molar-refractivity contribution in [1.82, 2.24) is 9.88 Å². The summed E-state index contributed by atoms with van der Waals surface area (Å²) in [7, 11) is 3.49. The number of hydrogen-bond acceptors (Lipinski definition) is 6. The van der Waals surface area contributed by atoms with Crippen molar-refractivity contribution in [3.63, 3.8) is 0 Å². The minimum Gasteiger partial charge on any atom is -0.495 e. The van der Waals surface area contributed by atoms with E-state index in [-0.39, 0.29) is 11.9 Å². The summed E-state index contributed by atoms with van der Waals surface area (Å²) in [6, 6.07) is 8.10. The molecule has 1 atom stereocenters. The van der Waals surface area contributed by atoms with Gasteiger partial charge in [0.25, 0.3) is 5.91 Å². The first-order valence-electron chi connectivity index (χ1n) is 7.96. The predicted octanol–water partition coefficient (Wildman–Crippen LogP) is 2.54. The van der Waals surface area contributed by atoms with Crippen molar-refractivity contribution in [2.24, 2.45) is 0 Å². The Hall–Kier alpha value is -2.28. The molecule has 1 N–H and O–H groups in total. The standard InChI is InChI=1S/C17H22N4O2S/c1-12-10-20(14-6-4-5-7-15(14)23-3)8-9-21(12)16(22)13-11-24-17(18-2)19-13/h4-7,11-12H,8-10H2,1-3H3,(H,18,19). The molecular weight excluding hydrogens is 324 g/mol. The van der Waals surface area contributed by atoms with Crippen LogP contribution in [0.4, 0.5) is 10.8 Å². The normalized spacial score (nSPS) is 17.7. The van der Waals surface area contributed by atoms with E-state index in [1.54, 1.807) is 7.11 Å². The van der Waals surface area contributed by atoms with Crippen molar-refractivity contribution in [2.75, 3.05) is 44.0 Å². The van der Waals surface area contributed by atoms with Crippen LogP contribution in [0.25, 0.3) is 0 Å². The van der Waals surface area contributed by atoms with Gasteiger partial charge in [0.05, 0.1) is 12.8 Å². The summed E-state index contributed by atoms with van der Waals surface area (Å²) in [4.78, 5) is 21.2. The highest BCUT2D eigenvalue weighted by Crippen LogP contribution is 2.30. The number of thiazole rings is 1. The van der Waals surface area contributed by atoms with E-state index < -0.39 is 0 Å². The molecule has 6 nitrogen and oxygen atoms in total. The molecule has 1 aliphatic heterocycles. The van der Waals surface area contributed by atoms with E-state index in [9.17, 15) is 4.79 Å². The maximum absolute atomic E-state index is 12.7. The van der Waals surface area contributed by atoms with Crippen LogP contribution in [0, 0.1) is 0 Å². The average Bonchev–Trinajstić information content (AvgIpc) is 3.10. The van der Waals surface area contributed by atoms with Gasteiger partial charge in [0.1, 0.15) is 11.4 Å². The first-order valence-corrected chi connectivity index (χ1v) is 8.84. The number of benzene rings is 1. The van der Waals surface area contributed by atoms with Crippen LogP contribution < -0.4 is 15.0 Å². The fourth-order valence-electron chi connectivity index (χ4n) is 3.00. The number of hydrogen-bond donors (Lipinski definition) is 1. The molecule has 0 saturated carbocycles. The molecule has 2 aromatic rings. The van der Waals surface area contributed by atoms with Gasteiger partial charge in [-0.1, -0.05) is 12.1 Å². The number of ether oxygens (including phenoxy) is 1. The molecule has 0 aliphatic carbocycles. The molecule has 3 rings (SSSR count). The third-order valence-electron chi connectivity index (χ3n) is 4.25. The molecule has 1 fully saturated rings. The lowest BCUT2D eigenvalue weighted by Gasteiger charge is -2.41. The van der Waals surface area contributed by atoms with Crippen LogP contribution in [0.3, 0.4) is 0 Å². The predicted molar refractivity (Wildman–Crippen MR) is 97.4 cm³/mol. The molecule has 1 unspecified atom stereocenters. The van der Waals surface area contributed by atoms with Crippen molar-refractivity contribution in [3.05, 3.63) is 35.3 Å². The number of amides is 1. The number of anilines is 2. The third-order valence-corrected chi connectivity index (χ3v) is 5.11. The highest BCUT2D eigenvalue weighted by Gasteiger charge is 2.30. The SMILES string of the molecule is CNc1nc(C(=O)N2CCN(c3ccccc3OC)CC2C)cs1. The summed E-state index contributed by atoms with van der Waals surface area (Å²) in [5.41, 5.74) is 1.59. The van der Waals surface area contributed by atoms with Gasteiger partial charge >= 0.3 is 0 Å². The molecule has 0 bridgehead atoms. The third kappa shape index (κ3) is 3.17. The zero-order valence-electron chi connectivity index (χ0n) is 14.2. The van der Waals surface area contributed by atoms with Gasteiger partial charge in [0.2, 0.25) is 0 Å². The molecular formula is C17H22N4O2S. The summed E-state index contributed by atoms with van der Waals surface area (Å²) in [6.07, 6.45) is 0. The average molecular weight is 346 g/mol. The smallest absolute Gasteiger partial charge is 0.273 e. The molecule has 1 aromatic heterocycles. The quantitative estimate of drug-likeness (QED) is 0.922. The Balaban J connectivity index is 1.72. The second-order valence-electron chi connectivity index (χ2n) is 5.75. The Labute approximate surface area is 146 Å². The van der Waals surface area contributed by atoms with E-state index in [2.05, 4.69) is 28.2 Å². The number of rotatable bonds is 4. The maximum Gasteiger partial charge on any atom is 0.273 e. The minimum atomic E-state index is -0.0000679. The van der Waals surface area contributed by atoms with Crippen LogP contribution in [-0.4, -0.2) is 55.6 Å². The molecule has 1 amide bonds. The fourth-order valence-corrected chi connectivity index (χ4v) is 3.65. The molecule has 24 heavy (non-hydrogen) atoms. The second kappa shape index (κ2) is 7.09. The number of nitrogens with zero attached hydrogens (tertiary/aromatic N) is 3. The number of aromatic nitrogens is 1. The lowest BCUT2D eigenvalue weighted by atomic mass is 10.1. The number of methoxy groups -OCH3 is 1. The number of nitrogens with one attached hydrogen (secondary N) is 1. The van der Waals surface area contributed by atoms with E-state index >= 15 is 0 Å². The highest BCUT2D eigenvalue weighted by atomic mass is 32.1. The Kier molecular flexibility index (Phi) is 4.89. The molecule has 0 radical (unpaired) electrons. The van der Waals surface area contributed by atoms with Crippen molar-refractivity contribution < 1.29 is 9.53 Å². The van der Waals surface area contributed by atoms with Gasteiger partial charge in [-0.25, -0.2) is 4.98 Å². The molecule has 2 heterocycles. The van der Waals surface area contributed by atoms with E-state index in [0.717, 1.165) is 29.7 Å². The Bertz CT molecular complexity index is 718. The largest absolute Gasteiger partial charge is 0.495 e. The van der Waals surface area contributed by atoms with Gasteiger partial charge < -0.3 is 19.9 Å². The molecule has 1 aromatic carbocycles. The van der Waals surface area contributed by atoms with Crippen LogP contribution >= 0.6 is 11.3 Å². The Morgan fingerprint density at radius 2 is 2.17 bits per heavy atom. The fraction of sp³-hybridized carbons (Fsp3) is 0.412. The van der Waals surface area contributed by atoms with E-state index in [4.69, 9.17) is 4.74 Å². The topological polar surface area (TPSA) is 57.7 Å². The molecule has 0 spiro atoms. The van der Waals surface area contributed by atoms with Gasteiger partial charge in [0, 0.05) is 38.1 Å². The van der Waals surface area contributed by atoms with E-state index in [1.165, 1.54) is 11.3 Å². The minimum absolute atomic E-state index is 0.0000679. The summed E-state index contributed by atoms with van der Waals surface area (Å²) in [6.45, 7) is 4.30. The van der Waals surface area contributed by atoms with Crippen LogP contribution in [0.2, 0.25) is 0 Å². The van der Waals surface area contributed by atoms with Gasteiger partial charge in [-0.3, -0.25) is 4.79 Å². The highest BCUT2D eigenvalue weighted by molar-refractivity contribution is 7.13. The Morgan fingerprint density at radius 1 is 1.38 bits per heavy atom. The molecule has 7 heteroatoms. The zero-order chi connectivity index (χ0) is 17.1. The lowest BCUT2D eigenvalue weighted by molar-refractivity contribution is 0.0669. The van der Waals surface area contributed by atoms with Crippen LogP contribution in [-0.2, 0) is 0 Å². The van der Waals surface area contributed by atoms with Crippen molar-refractivity contribution in [1.29, 1.82) is 0 Å². The number of carbonyl (C=O) groups is 1. The molecule has 1 aliphatic rings. The van der Waals surface area contributed by atoms with Gasteiger partial charge in [0.15, 0.2) is 5.13 Å². The van der Waals surface area contributed by atoms with Gasteiger partial charge in [-0.15, -0.1) is 11.3 Å². The van der Waals surface area contributed by atoms with E-state index in [0.29, 0.717) is 12.2 Å². The molecule has 128 valence electrons. The number of para-hydroxylation sites is 2. The first kappa shape index (κ1) is 16.6. The van der Waals surface area contributed by atoms with Gasteiger partial charge in [-0.05, 0) is 19.1 Å². The van der Waals surface area contributed by atoms with Crippen LogP contribution in [0.15, 0.2) is 29.6 Å². The first-order chi connectivity index (χ1) is 11.6. The van der Waals surface area contributed by atoms with E-state index in [1.807, 2.05) is 35.5 Å². The summed E-state index contributed by atoms with van der Waals surface area (Å²) in [5.74, 6) is 0.863. The number of piperazine rings is 1. The van der Waals surface area contributed by atoms with Crippen molar-refractivity contribution >= 4 is 28.1 Å². The zero-order valence-corrected chi connectivity index (χ0v) is 15.0. The summed E-state index contributed by atoms with van der Waals surface area (Å²) >= 11 is 1.45. The van der Waals surface area contributed by atoms with Crippen LogP contribution in [0.5, 0.6) is 5.75 Å². The number of carbonyl (C=O) groups excluding carboxylic acids is 1. The van der Waals surface area contributed by atoms with Crippen molar-refractivity contribution in [3.8, 4) is 5.75 Å². The lowest BCUT2D eigenvalue weighted by Crippen LogP contribution is -2.54. The van der Waals surface area contributed by atoms with Crippen LogP contribution in [0.1, 0.15) is 17.4 Å². The summed E-state index contributed by atoms with van der Waals surface area (Å²) in [5, 5.41) is 5.55. The second-order valence-corrected chi connectivity index (χ2v) is 6.61. The monoisotopic (exact) mass is 346 g/mol. The van der Waals surface area contributed by atoms with Crippen molar-refractivity contribution in [2.45, 2.75) is 13.0 Å². The van der Waals surface area contributed by atoms with Gasteiger partial charge in [-0.2, -0.15) is 0 Å². The summed E-state index contributed by atoms with van der Waals surface area (Å²) < 4.78 is 5.45. The molecule has 1 saturated heterocycles. The maximum atomic E-state index is 12.7.